The Balaban J connectivity index is 1.72. The Labute approximate surface area is 199 Å². The first-order chi connectivity index (χ1) is 17.0. The van der Waals surface area contributed by atoms with Gasteiger partial charge in [0.1, 0.15) is 17.3 Å². The average Bonchev–Trinajstić information content (AvgIpc) is 2.85. The minimum absolute atomic E-state index is 0.238. The number of aromatic nitrogens is 1. The lowest BCUT2D eigenvalue weighted by Crippen LogP contribution is -2.53. The van der Waals surface area contributed by atoms with Gasteiger partial charge in [0, 0.05) is 35.2 Å². The zero-order chi connectivity index (χ0) is 26.1. The number of ketones is 1. The number of benzene rings is 2. The van der Waals surface area contributed by atoms with Crippen LogP contribution < -0.4 is 5.53 Å². The summed E-state index contributed by atoms with van der Waals surface area (Å²) in [5.74, 6) is -10.1. The van der Waals surface area contributed by atoms with Crippen molar-refractivity contribution in [2.45, 2.75) is 11.5 Å². The summed E-state index contributed by atoms with van der Waals surface area (Å²) in [6, 6.07) is 5.77. The van der Waals surface area contributed by atoms with Crippen molar-refractivity contribution in [3.63, 3.8) is 0 Å². The molecule has 3 aromatic rings. The van der Waals surface area contributed by atoms with Gasteiger partial charge in [0.15, 0.2) is 23.0 Å². The van der Waals surface area contributed by atoms with Gasteiger partial charge in [-0.05, 0) is 42.5 Å². The average molecular weight is 507 g/mol. The number of hydrogen-bond acceptors (Lipinski definition) is 7. The topological polar surface area (TPSA) is 90.2 Å². The first-order valence-corrected chi connectivity index (χ1v) is 10.1. The number of pyridine rings is 1. The number of carbonyl (C=O) groups excluding carboxylic acids is 1. The fourth-order valence-corrected chi connectivity index (χ4v) is 3.50. The molecular weight excluding hydrogens is 492 g/mol. The number of hydrogen-bond donors (Lipinski definition) is 2. The van der Waals surface area contributed by atoms with Gasteiger partial charge in [0.05, 0.1) is 12.7 Å². The first kappa shape index (κ1) is 24.9. The molecule has 0 saturated heterocycles. The van der Waals surface area contributed by atoms with Gasteiger partial charge >= 0.3 is 5.92 Å². The van der Waals surface area contributed by atoms with Gasteiger partial charge in [-0.25, -0.2) is 17.6 Å². The van der Waals surface area contributed by atoms with E-state index in [9.17, 15) is 27.5 Å². The van der Waals surface area contributed by atoms with E-state index in [0.29, 0.717) is 24.3 Å². The SMILES string of the molecule is O=C(c1ccc(C(F)(F)C(O)(CN2C=CN=NN2)c2ccc(F)cc2F)nc1)c1ccc(F)c(F)c1. The summed E-state index contributed by atoms with van der Waals surface area (Å²) < 4.78 is 86.3. The molecule has 2 heterocycles. The number of halogens is 6. The molecule has 1 aliphatic rings. The third-order valence-electron chi connectivity index (χ3n) is 5.37. The predicted molar refractivity (Wildman–Crippen MR) is 112 cm³/mol. The van der Waals surface area contributed by atoms with Gasteiger partial charge in [-0.3, -0.25) is 14.8 Å². The number of aliphatic hydroxyl groups is 1. The summed E-state index contributed by atoms with van der Waals surface area (Å²) in [6.45, 7) is -0.991. The number of hydrazine groups is 1. The van der Waals surface area contributed by atoms with Crippen LogP contribution in [0.3, 0.4) is 0 Å². The fraction of sp³-hybridized carbons (Fsp3) is 0.130. The second-order valence-electron chi connectivity index (χ2n) is 7.69. The van der Waals surface area contributed by atoms with Crippen LogP contribution in [-0.2, 0) is 11.5 Å². The van der Waals surface area contributed by atoms with Crippen molar-refractivity contribution >= 4 is 5.78 Å². The van der Waals surface area contributed by atoms with Crippen molar-refractivity contribution in [1.29, 1.82) is 0 Å². The lowest BCUT2D eigenvalue weighted by molar-refractivity contribution is -0.208. The van der Waals surface area contributed by atoms with Gasteiger partial charge in [-0.2, -0.15) is 14.3 Å². The van der Waals surface area contributed by atoms with Crippen LogP contribution in [-0.4, -0.2) is 27.4 Å². The van der Waals surface area contributed by atoms with Crippen molar-refractivity contribution in [2.24, 2.45) is 10.3 Å². The Bertz CT molecular complexity index is 1370. The van der Waals surface area contributed by atoms with Gasteiger partial charge in [-0.1, -0.05) is 5.22 Å². The van der Waals surface area contributed by atoms with Crippen LogP contribution in [0.4, 0.5) is 26.3 Å². The Kier molecular flexibility index (Phi) is 6.50. The van der Waals surface area contributed by atoms with Crippen molar-refractivity contribution in [3.8, 4) is 0 Å². The minimum Gasteiger partial charge on any atom is -0.377 e. The molecule has 7 nitrogen and oxygen atoms in total. The van der Waals surface area contributed by atoms with Crippen molar-refractivity contribution in [1.82, 2.24) is 15.5 Å². The van der Waals surface area contributed by atoms with Crippen LogP contribution in [0, 0.1) is 23.3 Å². The Morgan fingerprint density at radius 2 is 1.69 bits per heavy atom. The molecule has 0 fully saturated rings. The second kappa shape index (κ2) is 9.41. The molecule has 1 atom stereocenters. The molecule has 36 heavy (non-hydrogen) atoms. The molecule has 0 bridgehead atoms. The second-order valence-corrected chi connectivity index (χ2v) is 7.69. The highest BCUT2D eigenvalue weighted by Gasteiger charge is 2.58. The summed E-state index contributed by atoms with van der Waals surface area (Å²) >= 11 is 0. The number of nitrogens with one attached hydrogen (secondary N) is 1. The molecule has 186 valence electrons. The Morgan fingerprint density at radius 3 is 2.31 bits per heavy atom. The van der Waals surface area contributed by atoms with Gasteiger partial charge in [-0.15, -0.1) is 5.11 Å². The third-order valence-corrected chi connectivity index (χ3v) is 5.37. The van der Waals surface area contributed by atoms with Crippen LogP contribution in [0.1, 0.15) is 27.2 Å². The van der Waals surface area contributed by atoms with E-state index >= 15 is 8.78 Å². The van der Waals surface area contributed by atoms with E-state index in [1.165, 1.54) is 0 Å². The molecule has 0 aliphatic carbocycles. The van der Waals surface area contributed by atoms with E-state index in [1.54, 1.807) is 0 Å². The Morgan fingerprint density at radius 1 is 0.944 bits per heavy atom. The highest BCUT2D eigenvalue weighted by Crippen LogP contribution is 2.46. The summed E-state index contributed by atoms with van der Waals surface area (Å²) in [5.41, 5.74) is -3.57. The highest BCUT2D eigenvalue weighted by molar-refractivity contribution is 6.08. The Hall–Kier alpha value is -4.26. The van der Waals surface area contributed by atoms with E-state index in [0.717, 1.165) is 47.9 Å². The molecule has 4 rings (SSSR count). The molecule has 2 aromatic carbocycles. The van der Waals surface area contributed by atoms with E-state index in [2.05, 4.69) is 20.9 Å². The molecule has 0 spiro atoms. The van der Waals surface area contributed by atoms with E-state index < -0.39 is 58.4 Å². The molecule has 0 saturated carbocycles. The lowest BCUT2D eigenvalue weighted by atomic mass is 9.84. The maximum atomic E-state index is 15.8. The predicted octanol–water partition coefficient (Wildman–Crippen LogP) is 4.51. The number of β-amino-alcohol motifs (C(OH)–C–C–N with tert-alkyl or cyclic N) is 1. The van der Waals surface area contributed by atoms with Crippen molar-refractivity contribution in [3.05, 3.63) is 113 Å². The van der Waals surface area contributed by atoms with E-state index in [-0.39, 0.29) is 11.1 Å². The van der Waals surface area contributed by atoms with Gasteiger partial charge in [0.25, 0.3) is 0 Å². The summed E-state index contributed by atoms with van der Waals surface area (Å²) in [5, 5.41) is 19.0. The number of nitrogens with zero attached hydrogens (tertiary/aromatic N) is 4. The zero-order valence-corrected chi connectivity index (χ0v) is 18.0. The highest BCUT2D eigenvalue weighted by atomic mass is 19.3. The van der Waals surface area contributed by atoms with Crippen LogP contribution >= 0.6 is 0 Å². The first-order valence-electron chi connectivity index (χ1n) is 10.1. The smallest absolute Gasteiger partial charge is 0.323 e. The molecule has 2 N–H and O–H groups in total. The van der Waals surface area contributed by atoms with E-state index in [4.69, 9.17) is 0 Å². The van der Waals surface area contributed by atoms with Gasteiger partial charge in [0.2, 0.25) is 0 Å². The lowest BCUT2D eigenvalue weighted by Gasteiger charge is -2.39. The standard InChI is InChI=1S/C23H15F6N5O2/c24-15-3-4-16(18(26)10-15)22(36,12-34-8-7-31-32-33-34)23(28,29)20-6-2-14(11-30-20)21(35)13-1-5-17(25)19(27)9-13/h1-11,36H,12H2,(H,31,33). The van der Waals surface area contributed by atoms with Crippen molar-refractivity contribution in [2.75, 3.05) is 6.54 Å². The summed E-state index contributed by atoms with van der Waals surface area (Å²) in [6.07, 6.45) is 3.01. The fourth-order valence-electron chi connectivity index (χ4n) is 3.50. The van der Waals surface area contributed by atoms with Gasteiger partial charge < -0.3 is 5.11 Å². The van der Waals surface area contributed by atoms with Crippen molar-refractivity contribution < 1.29 is 36.2 Å². The molecule has 0 radical (unpaired) electrons. The molecule has 13 heteroatoms. The number of rotatable bonds is 7. The maximum absolute atomic E-state index is 15.8. The molecular formula is C23H15F6N5O2. The van der Waals surface area contributed by atoms with Crippen LogP contribution in [0.5, 0.6) is 0 Å². The molecule has 1 aromatic heterocycles. The molecule has 1 aliphatic heterocycles. The maximum Gasteiger partial charge on any atom is 0.323 e. The van der Waals surface area contributed by atoms with Crippen LogP contribution in [0.2, 0.25) is 0 Å². The van der Waals surface area contributed by atoms with Crippen LogP contribution in [0.15, 0.2) is 77.5 Å². The van der Waals surface area contributed by atoms with Crippen LogP contribution in [0.25, 0.3) is 0 Å². The summed E-state index contributed by atoms with van der Waals surface area (Å²) in [7, 11) is 0. The molecule has 1 unspecified atom stereocenters. The minimum atomic E-state index is -4.31. The number of alkyl halides is 2. The quantitative estimate of drug-likeness (QED) is 0.363. The number of carbonyl (C=O) groups is 1. The third kappa shape index (κ3) is 4.52. The normalized spacial score (nSPS) is 14.9. The monoisotopic (exact) mass is 507 g/mol. The largest absolute Gasteiger partial charge is 0.377 e. The molecule has 0 amide bonds. The van der Waals surface area contributed by atoms with E-state index in [1.807, 2.05) is 0 Å². The summed E-state index contributed by atoms with van der Waals surface area (Å²) in [4.78, 5) is 16.1. The zero-order valence-electron chi connectivity index (χ0n) is 18.0.